The topological polar surface area (TPSA) is 62.8 Å². The second-order valence-electron chi connectivity index (χ2n) is 11.6. The van der Waals surface area contributed by atoms with Gasteiger partial charge in [0, 0.05) is 34.8 Å². The molecule has 0 spiro atoms. The maximum atomic E-state index is 6.47. The van der Waals surface area contributed by atoms with Crippen LogP contribution in [0.25, 0.3) is 22.2 Å². The number of aromatic nitrogens is 3. The molecule has 4 rings (SSSR count). The molecule has 0 saturated heterocycles. The van der Waals surface area contributed by atoms with Crippen LogP contribution < -0.4 is 10.1 Å². The Hall–Kier alpha value is -3.18. The van der Waals surface area contributed by atoms with Crippen molar-refractivity contribution in [3.8, 4) is 17.0 Å². The van der Waals surface area contributed by atoms with Gasteiger partial charge in [-0.2, -0.15) is 5.10 Å². The van der Waals surface area contributed by atoms with E-state index in [1.807, 2.05) is 6.20 Å². The van der Waals surface area contributed by atoms with Crippen molar-refractivity contribution in [2.75, 3.05) is 0 Å². The Morgan fingerprint density at radius 2 is 1.68 bits per heavy atom. The largest absolute Gasteiger partial charge is 0.489 e. The number of nitrogens with one attached hydrogen (secondary N) is 2. The average Bonchev–Trinajstić information content (AvgIpc) is 3.35. The third-order valence-electron chi connectivity index (χ3n) is 7.82. The lowest BCUT2D eigenvalue weighted by Crippen LogP contribution is -2.30. The van der Waals surface area contributed by atoms with Crippen LogP contribution in [-0.2, 0) is 13.2 Å². The third-order valence-corrected chi connectivity index (χ3v) is 7.82. The lowest BCUT2D eigenvalue weighted by atomic mass is 9.91. The predicted octanol–water partition coefficient (Wildman–Crippen LogP) is 8.20. The second kappa shape index (κ2) is 11.7. The molecule has 2 N–H and O–H groups in total. The minimum absolute atomic E-state index is 0.369. The summed E-state index contributed by atoms with van der Waals surface area (Å²) < 4.78 is 6.47. The summed E-state index contributed by atoms with van der Waals surface area (Å²) in [5.41, 5.74) is 10.3. The first-order valence-corrected chi connectivity index (χ1v) is 14.0. The fourth-order valence-electron chi connectivity index (χ4n) is 4.84. The fraction of sp³-hybridized carbons (Fsp3) is 0.455. The first-order valence-electron chi connectivity index (χ1n) is 14.0. The van der Waals surface area contributed by atoms with Crippen molar-refractivity contribution < 1.29 is 4.74 Å². The highest BCUT2D eigenvalue weighted by molar-refractivity contribution is 5.95. The Kier molecular flexibility index (Phi) is 8.57. The van der Waals surface area contributed by atoms with Crippen LogP contribution in [0, 0.1) is 19.8 Å². The highest BCUT2D eigenvalue weighted by Gasteiger charge is 2.19. The van der Waals surface area contributed by atoms with Gasteiger partial charge in [-0.15, -0.1) is 0 Å². The number of benzene rings is 2. The van der Waals surface area contributed by atoms with E-state index in [0.717, 1.165) is 45.7 Å². The molecule has 38 heavy (non-hydrogen) atoms. The van der Waals surface area contributed by atoms with E-state index in [1.54, 1.807) is 0 Å². The van der Waals surface area contributed by atoms with Crippen molar-refractivity contribution in [3.63, 3.8) is 0 Å². The minimum Gasteiger partial charge on any atom is -0.489 e. The number of aryl methyl sites for hydroxylation is 2. The molecule has 0 amide bonds. The van der Waals surface area contributed by atoms with Gasteiger partial charge < -0.3 is 10.1 Å². The van der Waals surface area contributed by atoms with Crippen molar-refractivity contribution in [1.29, 1.82) is 0 Å². The summed E-state index contributed by atoms with van der Waals surface area (Å²) in [6.45, 7) is 21.1. The summed E-state index contributed by atoms with van der Waals surface area (Å²) in [7, 11) is 0. The Labute approximate surface area is 228 Å². The molecular formula is C33H44N4O. The zero-order chi connectivity index (χ0) is 27.6. The van der Waals surface area contributed by atoms with Crippen LogP contribution in [0.15, 0.2) is 42.6 Å². The van der Waals surface area contributed by atoms with Crippen molar-refractivity contribution >= 4 is 10.9 Å². The van der Waals surface area contributed by atoms with Gasteiger partial charge in [0.2, 0.25) is 0 Å². The van der Waals surface area contributed by atoms with E-state index in [4.69, 9.17) is 9.72 Å². The van der Waals surface area contributed by atoms with Gasteiger partial charge in [0.25, 0.3) is 0 Å². The van der Waals surface area contributed by atoms with Crippen LogP contribution in [-0.4, -0.2) is 21.2 Å². The number of pyridine rings is 1. The Morgan fingerprint density at radius 1 is 0.921 bits per heavy atom. The highest BCUT2D eigenvalue weighted by atomic mass is 16.5. The van der Waals surface area contributed by atoms with Gasteiger partial charge in [0.15, 0.2) is 0 Å². The summed E-state index contributed by atoms with van der Waals surface area (Å²) in [5, 5.41) is 12.3. The second-order valence-corrected chi connectivity index (χ2v) is 11.6. The zero-order valence-corrected chi connectivity index (χ0v) is 24.6. The summed E-state index contributed by atoms with van der Waals surface area (Å²) in [6, 6.07) is 13.5. The molecule has 0 unspecified atom stereocenters. The van der Waals surface area contributed by atoms with Crippen LogP contribution in [0.4, 0.5) is 0 Å². The molecule has 0 aliphatic rings. The van der Waals surface area contributed by atoms with Crippen LogP contribution in [0.1, 0.15) is 93.8 Å². The van der Waals surface area contributed by atoms with E-state index in [2.05, 4.69) is 114 Å². The van der Waals surface area contributed by atoms with Gasteiger partial charge in [-0.05, 0) is 79.0 Å². The SMILES string of the molecule is Cc1ccc(C(C)C)cc1OCc1c(CN[C@@H](C)C(C)C)cc(-c2c(C(C)C)ccc3[nH]ncc23)nc1C. The molecule has 5 nitrogen and oxygen atoms in total. The molecular weight excluding hydrogens is 468 g/mol. The Bertz CT molecular complexity index is 1400. The Morgan fingerprint density at radius 3 is 2.37 bits per heavy atom. The van der Waals surface area contributed by atoms with Crippen LogP contribution in [0.5, 0.6) is 5.75 Å². The monoisotopic (exact) mass is 512 g/mol. The molecule has 202 valence electrons. The standard InChI is InChI=1S/C33H44N4O/c1-19(2)23(8)34-16-26-14-31(33-27(21(5)6)12-13-30-28(33)17-35-37-30)36-24(9)29(26)18-38-32-15-25(20(3)4)11-10-22(32)7/h10-15,17,19-21,23,34H,16,18H2,1-9H3,(H,35,37)/t23-/m0/s1. The van der Waals surface area contributed by atoms with E-state index in [9.17, 15) is 0 Å². The maximum Gasteiger partial charge on any atom is 0.123 e. The first kappa shape index (κ1) is 27.8. The number of ether oxygens (including phenoxy) is 1. The fourth-order valence-corrected chi connectivity index (χ4v) is 4.84. The maximum absolute atomic E-state index is 6.47. The van der Waals surface area contributed by atoms with Crippen LogP contribution in [0.2, 0.25) is 0 Å². The average molecular weight is 513 g/mol. The molecule has 0 saturated carbocycles. The van der Waals surface area contributed by atoms with Crippen LogP contribution in [0.3, 0.4) is 0 Å². The number of hydrogen-bond donors (Lipinski definition) is 2. The van der Waals surface area contributed by atoms with Crippen molar-refractivity contribution in [3.05, 3.63) is 76.1 Å². The van der Waals surface area contributed by atoms with Gasteiger partial charge in [-0.25, -0.2) is 0 Å². The number of nitrogens with zero attached hydrogens (tertiary/aromatic N) is 2. The normalized spacial score (nSPS) is 12.7. The molecule has 2 aromatic heterocycles. The quantitative estimate of drug-likeness (QED) is 0.225. The smallest absolute Gasteiger partial charge is 0.123 e. The third kappa shape index (κ3) is 5.94. The molecule has 4 aromatic rings. The summed E-state index contributed by atoms with van der Waals surface area (Å²) in [5.74, 6) is 2.32. The van der Waals surface area contributed by atoms with Gasteiger partial charge in [-0.3, -0.25) is 10.1 Å². The molecule has 5 heteroatoms. The van der Waals surface area contributed by atoms with Crippen molar-refractivity contribution in [1.82, 2.24) is 20.5 Å². The van der Waals surface area contributed by atoms with E-state index in [0.29, 0.717) is 30.4 Å². The van der Waals surface area contributed by atoms with Crippen LogP contribution >= 0.6 is 0 Å². The predicted molar refractivity (Wildman–Crippen MR) is 159 cm³/mol. The summed E-state index contributed by atoms with van der Waals surface area (Å²) in [4.78, 5) is 5.17. The Balaban J connectivity index is 1.78. The molecule has 0 aliphatic carbocycles. The van der Waals surface area contributed by atoms with Gasteiger partial charge in [-0.1, -0.05) is 59.7 Å². The van der Waals surface area contributed by atoms with Gasteiger partial charge in [0.1, 0.15) is 12.4 Å². The molecule has 0 aliphatic heterocycles. The van der Waals surface area contributed by atoms with E-state index >= 15 is 0 Å². The number of rotatable bonds is 10. The highest BCUT2D eigenvalue weighted by Crippen LogP contribution is 2.36. The van der Waals surface area contributed by atoms with E-state index < -0.39 is 0 Å². The summed E-state index contributed by atoms with van der Waals surface area (Å²) in [6.07, 6.45) is 1.92. The van der Waals surface area contributed by atoms with Gasteiger partial charge in [0.05, 0.1) is 17.4 Å². The molecule has 0 bridgehead atoms. The molecule has 2 aromatic carbocycles. The number of fused-ring (bicyclic) bond motifs is 1. The lowest BCUT2D eigenvalue weighted by Gasteiger charge is -2.22. The van der Waals surface area contributed by atoms with E-state index in [1.165, 1.54) is 22.3 Å². The lowest BCUT2D eigenvalue weighted by molar-refractivity contribution is 0.300. The van der Waals surface area contributed by atoms with Crippen molar-refractivity contribution in [2.24, 2.45) is 5.92 Å². The molecule has 2 heterocycles. The molecule has 0 radical (unpaired) electrons. The van der Waals surface area contributed by atoms with Crippen molar-refractivity contribution in [2.45, 2.75) is 93.3 Å². The first-order chi connectivity index (χ1) is 18.1. The van der Waals surface area contributed by atoms with E-state index in [-0.39, 0.29) is 0 Å². The molecule has 1 atom stereocenters. The minimum atomic E-state index is 0.369. The number of aromatic amines is 1. The molecule has 0 fully saturated rings. The number of hydrogen-bond acceptors (Lipinski definition) is 4. The number of H-pyrrole nitrogens is 1. The van der Waals surface area contributed by atoms with Gasteiger partial charge >= 0.3 is 0 Å². The summed E-state index contributed by atoms with van der Waals surface area (Å²) >= 11 is 0. The zero-order valence-electron chi connectivity index (χ0n) is 24.6.